The van der Waals surface area contributed by atoms with E-state index in [0.717, 1.165) is 6.29 Å². The molecule has 0 saturated heterocycles. The lowest BCUT2D eigenvalue weighted by Gasteiger charge is -2.29. The Labute approximate surface area is 88.0 Å². The van der Waals surface area contributed by atoms with Crippen molar-refractivity contribution in [1.82, 2.24) is 0 Å². The molecule has 0 bridgehead atoms. The Morgan fingerprint density at radius 2 is 2.07 bits per heavy atom. The van der Waals surface area contributed by atoms with Crippen molar-refractivity contribution in [3.8, 4) is 0 Å². The largest absolute Gasteiger partial charge is 0.469 e. The van der Waals surface area contributed by atoms with Crippen LogP contribution in [0.5, 0.6) is 0 Å². The quantitative estimate of drug-likeness (QED) is 0.523. The van der Waals surface area contributed by atoms with E-state index < -0.39 is 17.7 Å². The average Bonchev–Trinajstić information content (AvgIpc) is 2.27. The van der Waals surface area contributed by atoms with Crippen LogP contribution in [0.1, 0.15) is 19.3 Å². The van der Waals surface area contributed by atoms with Gasteiger partial charge in [0, 0.05) is 11.8 Å². The molecule has 1 aliphatic carbocycles. The topological polar surface area (TPSA) is 86.5 Å². The van der Waals surface area contributed by atoms with Crippen molar-refractivity contribution in [2.24, 2.45) is 23.5 Å². The first-order valence-corrected chi connectivity index (χ1v) is 4.92. The van der Waals surface area contributed by atoms with E-state index in [-0.39, 0.29) is 11.9 Å². The molecule has 5 heteroatoms. The Hall–Kier alpha value is -1.39. The normalized spacial score (nSPS) is 30.6. The summed E-state index contributed by atoms with van der Waals surface area (Å²) in [5, 5.41) is 0. The number of hydrogen-bond acceptors (Lipinski definition) is 4. The third-order valence-electron chi connectivity index (χ3n) is 2.98. The van der Waals surface area contributed by atoms with Crippen LogP contribution in [0.4, 0.5) is 0 Å². The first-order chi connectivity index (χ1) is 7.10. The molecule has 0 radical (unpaired) electrons. The van der Waals surface area contributed by atoms with Crippen LogP contribution in [-0.4, -0.2) is 25.3 Å². The van der Waals surface area contributed by atoms with E-state index in [1.165, 1.54) is 7.11 Å². The van der Waals surface area contributed by atoms with E-state index in [9.17, 15) is 14.4 Å². The van der Waals surface area contributed by atoms with Gasteiger partial charge in [0.05, 0.1) is 13.0 Å². The van der Waals surface area contributed by atoms with Crippen molar-refractivity contribution < 1.29 is 19.1 Å². The Morgan fingerprint density at radius 3 is 2.53 bits per heavy atom. The Kier molecular flexibility index (Phi) is 3.82. The molecular formula is C10H15NO4. The maximum absolute atomic E-state index is 11.3. The summed E-state index contributed by atoms with van der Waals surface area (Å²) in [4.78, 5) is 33.1. The number of primary amides is 1. The van der Waals surface area contributed by atoms with E-state index in [1.807, 2.05) is 0 Å². The summed E-state index contributed by atoms with van der Waals surface area (Å²) in [5.74, 6) is -1.92. The van der Waals surface area contributed by atoms with E-state index in [2.05, 4.69) is 4.74 Å². The van der Waals surface area contributed by atoms with Gasteiger partial charge in [0.2, 0.25) is 5.91 Å². The van der Waals surface area contributed by atoms with Gasteiger partial charge in [-0.25, -0.2) is 0 Å². The van der Waals surface area contributed by atoms with Gasteiger partial charge in [-0.05, 0) is 19.3 Å². The molecule has 0 aromatic heterocycles. The van der Waals surface area contributed by atoms with Crippen molar-refractivity contribution in [1.29, 1.82) is 0 Å². The minimum absolute atomic E-state index is 0.291. The zero-order valence-electron chi connectivity index (χ0n) is 8.64. The summed E-state index contributed by atoms with van der Waals surface area (Å²) in [6.07, 6.45) is 2.12. The van der Waals surface area contributed by atoms with Gasteiger partial charge in [-0.3, -0.25) is 9.59 Å². The van der Waals surface area contributed by atoms with Gasteiger partial charge in [0.15, 0.2) is 0 Å². The number of carbonyl (C=O) groups is 3. The third-order valence-corrected chi connectivity index (χ3v) is 2.98. The Balaban J connectivity index is 2.68. The molecular weight excluding hydrogens is 198 g/mol. The standard InChI is InChI=1S/C10H15NO4/c1-15-10(14)8-3-2-6(9(11)13)4-7(8)5-12/h5-8H,2-4H2,1H3,(H2,11,13). The van der Waals surface area contributed by atoms with Crippen LogP contribution in [0.25, 0.3) is 0 Å². The number of amides is 1. The highest BCUT2D eigenvalue weighted by Gasteiger charge is 2.37. The number of hydrogen-bond donors (Lipinski definition) is 1. The first-order valence-electron chi connectivity index (χ1n) is 4.92. The molecule has 84 valence electrons. The van der Waals surface area contributed by atoms with Crippen molar-refractivity contribution in [3.05, 3.63) is 0 Å². The van der Waals surface area contributed by atoms with Gasteiger partial charge in [-0.2, -0.15) is 0 Å². The minimum atomic E-state index is -0.441. The van der Waals surface area contributed by atoms with Crippen molar-refractivity contribution >= 4 is 18.2 Å². The van der Waals surface area contributed by atoms with Crippen molar-refractivity contribution in [3.63, 3.8) is 0 Å². The molecule has 0 aromatic rings. The molecule has 1 saturated carbocycles. The zero-order chi connectivity index (χ0) is 11.4. The lowest BCUT2D eigenvalue weighted by atomic mass is 9.74. The number of rotatable bonds is 3. The number of carbonyl (C=O) groups excluding carboxylic acids is 3. The van der Waals surface area contributed by atoms with Crippen LogP contribution < -0.4 is 5.73 Å². The molecule has 15 heavy (non-hydrogen) atoms. The first kappa shape index (κ1) is 11.7. The predicted octanol–water partition coefficient (Wildman–Crippen LogP) is -0.124. The highest BCUT2D eigenvalue weighted by Crippen LogP contribution is 2.33. The van der Waals surface area contributed by atoms with E-state index in [1.54, 1.807) is 0 Å². The molecule has 0 aliphatic heterocycles. The SMILES string of the molecule is COC(=O)C1CCC(C(N)=O)CC1C=O. The molecule has 5 nitrogen and oxygen atoms in total. The highest BCUT2D eigenvalue weighted by atomic mass is 16.5. The summed E-state index contributed by atoms with van der Waals surface area (Å²) in [7, 11) is 1.30. The van der Waals surface area contributed by atoms with Gasteiger partial charge < -0.3 is 15.3 Å². The minimum Gasteiger partial charge on any atom is -0.469 e. The monoisotopic (exact) mass is 213 g/mol. The molecule has 3 atom stereocenters. The lowest BCUT2D eigenvalue weighted by Crippen LogP contribution is -2.37. The molecule has 0 spiro atoms. The summed E-state index contributed by atoms with van der Waals surface area (Å²) in [5.41, 5.74) is 5.17. The number of ether oxygens (including phenoxy) is 1. The fraction of sp³-hybridized carbons (Fsp3) is 0.700. The molecule has 0 heterocycles. The van der Waals surface area contributed by atoms with Crippen LogP contribution >= 0.6 is 0 Å². The van der Waals surface area contributed by atoms with Crippen LogP contribution in [0.2, 0.25) is 0 Å². The number of nitrogens with two attached hydrogens (primary N) is 1. The summed E-state index contributed by atoms with van der Waals surface area (Å²) in [6.45, 7) is 0. The smallest absolute Gasteiger partial charge is 0.309 e. The van der Waals surface area contributed by atoms with Gasteiger partial charge >= 0.3 is 5.97 Å². The second kappa shape index (κ2) is 4.91. The highest BCUT2D eigenvalue weighted by molar-refractivity contribution is 5.80. The van der Waals surface area contributed by atoms with Gasteiger partial charge in [-0.1, -0.05) is 0 Å². The van der Waals surface area contributed by atoms with Crippen LogP contribution in [0.15, 0.2) is 0 Å². The van der Waals surface area contributed by atoms with E-state index in [0.29, 0.717) is 19.3 Å². The van der Waals surface area contributed by atoms with E-state index >= 15 is 0 Å². The maximum atomic E-state index is 11.3. The van der Waals surface area contributed by atoms with Gasteiger partial charge in [0.25, 0.3) is 0 Å². The Bertz CT molecular complexity index is 277. The van der Waals surface area contributed by atoms with Crippen LogP contribution in [0.3, 0.4) is 0 Å². The molecule has 3 unspecified atom stereocenters. The summed E-state index contributed by atoms with van der Waals surface area (Å²) in [6, 6.07) is 0. The molecule has 1 rings (SSSR count). The van der Waals surface area contributed by atoms with Crippen molar-refractivity contribution in [2.45, 2.75) is 19.3 Å². The Morgan fingerprint density at radius 1 is 1.40 bits per heavy atom. The van der Waals surface area contributed by atoms with Gasteiger partial charge in [0.1, 0.15) is 6.29 Å². The maximum Gasteiger partial charge on any atom is 0.309 e. The molecule has 0 aromatic carbocycles. The second-order valence-corrected chi connectivity index (χ2v) is 3.84. The molecule has 2 N–H and O–H groups in total. The second-order valence-electron chi connectivity index (χ2n) is 3.84. The summed E-state index contributed by atoms with van der Waals surface area (Å²) >= 11 is 0. The molecule has 1 fully saturated rings. The van der Waals surface area contributed by atoms with Gasteiger partial charge in [-0.15, -0.1) is 0 Å². The third kappa shape index (κ3) is 2.55. The van der Waals surface area contributed by atoms with Crippen molar-refractivity contribution in [2.75, 3.05) is 7.11 Å². The van der Waals surface area contributed by atoms with Crippen LogP contribution in [-0.2, 0) is 19.1 Å². The fourth-order valence-electron chi connectivity index (χ4n) is 2.06. The van der Waals surface area contributed by atoms with E-state index in [4.69, 9.17) is 5.73 Å². The molecule has 1 aliphatic rings. The average molecular weight is 213 g/mol. The lowest BCUT2D eigenvalue weighted by molar-refractivity contribution is -0.151. The van der Waals surface area contributed by atoms with Crippen LogP contribution in [0, 0.1) is 17.8 Å². The number of aldehydes is 1. The zero-order valence-corrected chi connectivity index (χ0v) is 8.64. The summed E-state index contributed by atoms with van der Waals surface area (Å²) < 4.78 is 4.60. The predicted molar refractivity (Wildman–Crippen MR) is 51.6 cm³/mol. The number of esters is 1. The fourth-order valence-corrected chi connectivity index (χ4v) is 2.06. The number of methoxy groups -OCH3 is 1. The molecule has 1 amide bonds.